The van der Waals surface area contributed by atoms with Gasteiger partial charge >= 0.3 is 5.97 Å². The Morgan fingerprint density at radius 1 is 1.40 bits per heavy atom. The molecule has 1 amide bonds. The van der Waals surface area contributed by atoms with Crippen molar-refractivity contribution < 1.29 is 24.2 Å². The number of fused-ring (bicyclic) bond motifs is 1. The molecule has 0 aliphatic carbocycles. The fourth-order valence-corrected chi connectivity index (χ4v) is 2.04. The number of carbonyl (C=O) groups excluding carboxylic acids is 2. The average Bonchev–Trinajstić information content (AvgIpc) is 2.54. The molecule has 106 valence electrons. The fourth-order valence-electron chi connectivity index (χ4n) is 2.04. The molecule has 1 heterocycles. The summed E-state index contributed by atoms with van der Waals surface area (Å²) in [7, 11) is 0. The zero-order chi connectivity index (χ0) is 14.7. The summed E-state index contributed by atoms with van der Waals surface area (Å²) < 4.78 is 5.47. The number of rotatable bonds is 4. The third-order valence-corrected chi connectivity index (χ3v) is 3.08. The fraction of sp³-hybridized carbons (Fsp3) is 0.357. The number of anilines is 1. The predicted molar refractivity (Wildman–Crippen MR) is 71.2 cm³/mol. The van der Waals surface area contributed by atoms with Gasteiger partial charge in [-0.25, -0.2) is 0 Å². The Bertz CT molecular complexity index is 567. The van der Waals surface area contributed by atoms with Crippen molar-refractivity contribution in [2.45, 2.75) is 19.8 Å². The van der Waals surface area contributed by atoms with Gasteiger partial charge in [0.25, 0.3) is 0 Å². The molecule has 20 heavy (non-hydrogen) atoms. The minimum absolute atomic E-state index is 0.0614. The summed E-state index contributed by atoms with van der Waals surface area (Å²) in [6, 6.07) is 4.84. The number of hydrogen-bond donors (Lipinski definition) is 1. The summed E-state index contributed by atoms with van der Waals surface area (Å²) in [6.45, 7) is 1.74. The van der Waals surface area contributed by atoms with Gasteiger partial charge in [0.2, 0.25) is 5.91 Å². The number of nitrogens with zero attached hydrogens (tertiary/aromatic N) is 1. The van der Waals surface area contributed by atoms with Crippen LogP contribution >= 0.6 is 0 Å². The summed E-state index contributed by atoms with van der Waals surface area (Å²) in [5, 5.41) is 8.77. The van der Waals surface area contributed by atoms with Crippen LogP contribution in [0.25, 0.3) is 0 Å². The lowest BCUT2D eigenvalue weighted by Gasteiger charge is -2.21. The number of aliphatic carboxylic acids is 1. The quantitative estimate of drug-likeness (QED) is 0.843. The highest BCUT2D eigenvalue weighted by atomic mass is 16.5. The third kappa shape index (κ3) is 2.96. The lowest BCUT2D eigenvalue weighted by Crippen LogP contribution is -2.32. The number of ketones is 1. The first-order valence-electron chi connectivity index (χ1n) is 6.29. The van der Waals surface area contributed by atoms with Gasteiger partial charge in [0.1, 0.15) is 5.75 Å². The standard InChI is InChI=1S/C14H15NO5/c1-9(16)10-2-3-12-11(8-10)15(6-4-14(18)19)13(17)5-7-20-12/h2-3,8H,4-7H2,1H3,(H,18,19). The molecule has 6 nitrogen and oxygen atoms in total. The summed E-state index contributed by atoms with van der Waals surface area (Å²) in [5.41, 5.74) is 0.920. The van der Waals surface area contributed by atoms with E-state index in [1.165, 1.54) is 11.8 Å². The second kappa shape index (κ2) is 5.73. The normalized spacial score (nSPS) is 14.2. The summed E-state index contributed by atoms with van der Waals surface area (Å²) in [4.78, 5) is 35.5. The molecule has 2 rings (SSSR count). The monoisotopic (exact) mass is 277 g/mol. The third-order valence-electron chi connectivity index (χ3n) is 3.08. The van der Waals surface area contributed by atoms with Crippen molar-refractivity contribution in [1.82, 2.24) is 0 Å². The molecule has 1 aliphatic rings. The van der Waals surface area contributed by atoms with Crippen LogP contribution < -0.4 is 9.64 Å². The number of ether oxygens (including phenoxy) is 1. The summed E-state index contributed by atoms with van der Waals surface area (Å²) in [6.07, 6.45) is 0.0270. The first kappa shape index (κ1) is 14.0. The molecule has 0 saturated carbocycles. The van der Waals surface area contributed by atoms with Crippen molar-refractivity contribution in [3.05, 3.63) is 23.8 Å². The molecule has 0 atom stereocenters. The molecule has 0 radical (unpaired) electrons. The molecule has 0 unspecified atom stereocenters. The molecule has 0 fully saturated rings. The van der Waals surface area contributed by atoms with Gasteiger partial charge in [-0.1, -0.05) is 0 Å². The van der Waals surface area contributed by atoms with Crippen molar-refractivity contribution in [2.75, 3.05) is 18.1 Å². The number of carboxylic acid groups (broad SMARTS) is 1. The van der Waals surface area contributed by atoms with Crippen molar-refractivity contribution in [1.29, 1.82) is 0 Å². The largest absolute Gasteiger partial charge is 0.491 e. The first-order chi connectivity index (χ1) is 9.49. The highest BCUT2D eigenvalue weighted by Crippen LogP contribution is 2.32. The molecule has 0 saturated heterocycles. The molecule has 0 spiro atoms. The van der Waals surface area contributed by atoms with Crippen LogP contribution in [0.2, 0.25) is 0 Å². The molecule has 1 aromatic carbocycles. The van der Waals surface area contributed by atoms with Gasteiger partial charge in [0.05, 0.1) is 25.1 Å². The molecule has 0 aromatic heterocycles. The average molecular weight is 277 g/mol. The minimum atomic E-state index is -0.979. The van der Waals surface area contributed by atoms with Crippen LogP contribution in [0.1, 0.15) is 30.1 Å². The van der Waals surface area contributed by atoms with E-state index in [1.807, 2.05) is 0 Å². The van der Waals surface area contributed by atoms with E-state index in [9.17, 15) is 14.4 Å². The van der Waals surface area contributed by atoms with Crippen LogP contribution in [0.5, 0.6) is 5.75 Å². The maximum absolute atomic E-state index is 12.0. The number of carboxylic acids is 1. The molecule has 1 aliphatic heterocycles. The lowest BCUT2D eigenvalue weighted by atomic mass is 10.1. The van der Waals surface area contributed by atoms with E-state index >= 15 is 0 Å². The molecule has 1 N–H and O–H groups in total. The van der Waals surface area contributed by atoms with Crippen LogP contribution in [0, 0.1) is 0 Å². The Labute approximate surface area is 115 Å². The number of carbonyl (C=O) groups is 3. The molecule has 1 aromatic rings. The van der Waals surface area contributed by atoms with Gasteiger partial charge in [-0.3, -0.25) is 14.4 Å². The SMILES string of the molecule is CC(=O)c1ccc2c(c1)N(CCC(=O)O)C(=O)CCO2. The maximum Gasteiger partial charge on any atom is 0.305 e. The second-order valence-corrected chi connectivity index (χ2v) is 4.53. The van der Waals surface area contributed by atoms with Crippen molar-refractivity contribution in [2.24, 2.45) is 0 Å². The van der Waals surface area contributed by atoms with Crippen LogP contribution in [0.15, 0.2) is 18.2 Å². The Morgan fingerprint density at radius 3 is 2.80 bits per heavy atom. The number of Topliss-reactive ketones (excluding diaryl/α,β-unsaturated/α-hetero) is 1. The van der Waals surface area contributed by atoms with E-state index in [0.717, 1.165) is 0 Å². The van der Waals surface area contributed by atoms with E-state index in [1.54, 1.807) is 18.2 Å². The highest BCUT2D eigenvalue weighted by molar-refractivity contribution is 6.00. The van der Waals surface area contributed by atoms with E-state index in [2.05, 4.69) is 0 Å². The van der Waals surface area contributed by atoms with Gasteiger partial charge < -0.3 is 14.7 Å². The van der Waals surface area contributed by atoms with Crippen molar-refractivity contribution in [3.63, 3.8) is 0 Å². The first-order valence-corrected chi connectivity index (χ1v) is 6.29. The Hall–Kier alpha value is -2.37. The summed E-state index contributed by atoms with van der Waals surface area (Å²) >= 11 is 0. The molecule has 0 bridgehead atoms. The number of benzene rings is 1. The summed E-state index contributed by atoms with van der Waals surface area (Å²) in [5.74, 6) is -0.813. The van der Waals surface area contributed by atoms with Crippen molar-refractivity contribution in [3.8, 4) is 5.75 Å². The van der Waals surface area contributed by atoms with Crippen LogP contribution in [0.3, 0.4) is 0 Å². The van der Waals surface area contributed by atoms with Gasteiger partial charge in [0.15, 0.2) is 5.78 Å². The minimum Gasteiger partial charge on any atom is -0.491 e. The maximum atomic E-state index is 12.0. The second-order valence-electron chi connectivity index (χ2n) is 4.53. The van der Waals surface area contributed by atoms with E-state index in [-0.39, 0.29) is 37.7 Å². The zero-order valence-corrected chi connectivity index (χ0v) is 11.1. The van der Waals surface area contributed by atoms with Crippen LogP contribution in [-0.4, -0.2) is 35.9 Å². The van der Waals surface area contributed by atoms with Gasteiger partial charge in [-0.2, -0.15) is 0 Å². The molecule has 6 heteroatoms. The van der Waals surface area contributed by atoms with Crippen molar-refractivity contribution >= 4 is 23.3 Å². The Balaban J connectivity index is 2.40. The Morgan fingerprint density at radius 2 is 2.15 bits per heavy atom. The van der Waals surface area contributed by atoms with E-state index in [0.29, 0.717) is 17.0 Å². The smallest absolute Gasteiger partial charge is 0.305 e. The van der Waals surface area contributed by atoms with Gasteiger partial charge in [-0.05, 0) is 25.1 Å². The number of amides is 1. The van der Waals surface area contributed by atoms with E-state index in [4.69, 9.17) is 9.84 Å². The Kier molecular flexibility index (Phi) is 4.02. The predicted octanol–water partition coefficient (Wildman–Crippen LogP) is 1.48. The van der Waals surface area contributed by atoms with Crippen LogP contribution in [-0.2, 0) is 9.59 Å². The topological polar surface area (TPSA) is 83.9 Å². The molecular formula is C14H15NO5. The highest BCUT2D eigenvalue weighted by Gasteiger charge is 2.24. The number of hydrogen-bond acceptors (Lipinski definition) is 4. The molecular weight excluding hydrogens is 262 g/mol. The van der Waals surface area contributed by atoms with E-state index < -0.39 is 5.97 Å². The van der Waals surface area contributed by atoms with Gasteiger partial charge in [-0.15, -0.1) is 0 Å². The van der Waals surface area contributed by atoms with Gasteiger partial charge in [0, 0.05) is 12.1 Å². The zero-order valence-electron chi connectivity index (χ0n) is 11.1. The lowest BCUT2D eigenvalue weighted by molar-refractivity contribution is -0.136. The van der Waals surface area contributed by atoms with Crippen LogP contribution in [0.4, 0.5) is 5.69 Å².